The first-order valence-corrected chi connectivity index (χ1v) is 12.5. The number of likely N-dealkylation sites (tertiary alicyclic amines) is 1. The van der Waals surface area contributed by atoms with Gasteiger partial charge in [0.05, 0.1) is 0 Å². The molecular formula is C27H30N2O3S. The second kappa shape index (κ2) is 9.57. The van der Waals surface area contributed by atoms with E-state index in [-0.39, 0.29) is 11.9 Å². The summed E-state index contributed by atoms with van der Waals surface area (Å²) in [6.07, 6.45) is 1.99. The van der Waals surface area contributed by atoms with Gasteiger partial charge in [0.15, 0.2) is 11.5 Å². The molecule has 6 heteroatoms. The van der Waals surface area contributed by atoms with Crippen LogP contribution in [-0.4, -0.2) is 44.2 Å². The summed E-state index contributed by atoms with van der Waals surface area (Å²) in [5.74, 6) is 2.32. The van der Waals surface area contributed by atoms with Crippen molar-refractivity contribution in [2.45, 2.75) is 31.7 Å². The van der Waals surface area contributed by atoms with Crippen LogP contribution in [0.15, 0.2) is 53.9 Å². The summed E-state index contributed by atoms with van der Waals surface area (Å²) in [4.78, 5) is 16.7. The molecule has 2 aliphatic heterocycles. The Hall–Kier alpha value is -2.83. The standard InChI is InChI=1S/C27H30N2O3S/c1-18-5-3-4-6-22(18)26(28-2)27(30)29-11-9-19(10-12-29)25-16-21(17-33-25)20-7-8-23-24(15-20)32-14-13-31-23/h3-8,15-17,19,26,28H,9-14H2,1-2H3. The molecule has 5 nitrogen and oxygen atoms in total. The van der Waals surface area contributed by atoms with Crippen molar-refractivity contribution < 1.29 is 14.3 Å². The smallest absolute Gasteiger partial charge is 0.244 e. The van der Waals surface area contributed by atoms with Gasteiger partial charge >= 0.3 is 0 Å². The van der Waals surface area contributed by atoms with E-state index in [1.165, 1.54) is 10.4 Å². The van der Waals surface area contributed by atoms with Crippen molar-refractivity contribution in [1.29, 1.82) is 0 Å². The summed E-state index contributed by atoms with van der Waals surface area (Å²) < 4.78 is 11.4. The molecule has 2 aliphatic rings. The largest absolute Gasteiger partial charge is 0.486 e. The zero-order valence-electron chi connectivity index (χ0n) is 19.2. The van der Waals surface area contributed by atoms with Gasteiger partial charge in [0.1, 0.15) is 19.3 Å². The fourth-order valence-corrected chi connectivity index (χ4v) is 5.92. The number of thiophene rings is 1. The van der Waals surface area contributed by atoms with Gasteiger partial charge in [-0.25, -0.2) is 0 Å². The van der Waals surface area contributed by atoms with Crippen LogP contribution in [0, 0.1) is 6.92 Å². The van der Waals surface area contributed by atoms with E-state index in [2.05, 4.69) is 41.9 Å². The Labute approximate surface area is 199 Å². The van der Waals surface area contributed by atoms with Crippen molar-refractivity contribution in [2.24, 2.45) is 0 Å². The van der Waals surface area contributed by atoms with Crippen LogP contribution in [0.5, 0.6) is 11.5 Å². The molecule has 1 unspecified atom stereocenters. The average molecular weight is 463 g/mol. The van der Waals surface area contributed by atoms with E-state index in [0.717, 1.165) is 54.1 Å². The lowest BCUT2D eigenvalue weighted by Crippen LogP contribution is -2.43. The maximum Gasteiger partial charge on any atom is 0.244 e. The number of hydrogen-bond donors (Lipinski definition) is 1. The predicted molar refractivity (Wildman–Crippen MR) is 132 cm³/mol. The molecule has 0 aliphatic carbocycles. The van der Waals surface area contributed by atoms with E-state index in [1.54, 1.807) is 0 Å². The van der Waals surface area contributed by atoms with Gasteiger partial charge in [-0.15, -0.1) is 11.3 Å². The lowest BCUT2D eigenvalue weighted by Gasteiger charge is -2.34. The van der Waals surface area contributed by atoms with Crippen LogP contribution in [0.2, 0.25) is 0 Å². The zero-order valence-corrected chi connectivity index (χ0v) is 20.0. The number of nitrogens with zero attached hydrogens (tertiary/aromatic N) is 1. The lowest BCUT2D eigenvalue weighted by molar-refractivity contribution is -0.134. The van der Waals surface area contributed by atoms with Gasteiger partial charge in [-0.2, -0.15) is 0 Å². The molecule has 1 N–H and O–H groups in total. The van der Waals surface area contributed by atoms with Crippen molar-refractivity contribution in [3.8, 4) is 22.6 Å². The summed E-state index contributed by atoms with van der Waals surface area (Å²) in [5.41, 5.74) is 4.59. The summed E-state index contributed by atoms with van der Waals surface area (Å²) in [6.45, 7) is 4.86. The summed E-state index contributed by atoms with van der Waals surface area (Å²) in [6, 6.07) is 16.3. The van der Waals surface area contributed by atoms with E-state index in [9.17, 15) is 4.79 Å². The van der Waals surface area contributed by atoms with Gasteiger partial charge < -0.3 is 19.7 Å². The first kappa shape index (κ1) is 22.0. The highest BCUT2D eigenvalue weighted by Crippen LogP contribution is 2.39. The minimum atomic E-state index is -0.286. The molecule has 1 fully saturated rings. The van der Waals surface area contributed by atoms with Gasteiger partial charge in [-0.05, 0) is 78.6 Å². The second-order valence-electron chi connectivity index (χ2n) is 8.77. The molecule has 0 saturated carbocycles. The Morgan fingerprint density at radius 3 is 2.55 bits per heavy atom. The molecule has 0 spiro atoms. The van der Waals surface area contributed by atoms with Crippen LogP contribution in [0.3, 0.4) is 0 Å². The van der Waals surface area contributed by atoms with Gasteiger partial charge in [0.25, 0.3) is 0 Å². The minimum Gasteiger partial charge on any atom is -0.486 e. The monoisotopic (exact) mass is 462 g/mol. The molecule has 0 radical (unpaired) electrons. The molecule has 5 rings (SSSR count). The van der Waals surface area contributed by atoms with E-state index < -0.39 is 0 Å². The number of carbonyl (C=O) groups excluding carboxylic acids is 1. The molecule has 3 aromatic rings. The van der Waals surface area contributed by atoms with Crippen LogP contribution < -0.4 is 14.8 Å². The SMILES string of the molecule is CNC(C(=O)N1CCC(c2cc(-c3ccc4c(c3)OCCO4)cs2)CC1)c1ccccc1C. The quantitative estimate of drug-likeness (QED) is 0.569. The Morgan fingerprint density at radius 2 is 1.79 bits per heavy atom. The molecule has 1 amide bonds. The fraction of sp³-hybridized carbons (Fsp3) is 0.370. The lowest BCUT2D eigenvalue weighted by atomic mass is 9.93. The van der Waals surface area contributed by atoms with Crippen molar-refractivity contribution in [1.82, 2.24) is 10.2 Å². The minimum absolute atomic E-state index is 0.174. The highest BCUT2D eigenvalue weighted by molar-refractivity contribution is 7.10. The summed E-state index contributed by atoms with van der Waals surface area (Å²) in [7, 11) is 1.87. The fourth-order valence-electron chi connectivity index (χ4n) is 4.83. The third-order valence-electron chi connectivity index (χ3n) is 6.74. The summed E-state index contributed by atoms with van der Waals surface area (Å²) >= 11 is 1.82. The van der Waals surface area contributed by atoms with E-state index in [4.69, 9.17) is 9.47 Å². The number of benzene rings is 2. The first-order valence-electron chi connectivity index (χ1n) is 11.6. The number of carbonyl (C=O) groups is 1. The number of hydrogen-bond acceptors (Lipinski definition) is 5. The number of rotatable bonds is 5. The van der Waals surface area contributed by atoms with Crippen LogP contribution in [-0.2, 0) is 4.79 Å². The Morgan fingerprint density at radius 1 is 1.03 bits per heavy atom. The van der Waals surface area contributed by atoms with Gasteiger partial charge in [-0.1, -0.05) is 30.3 Å². The van der Waals surface area contributed by atoms with Crippen LogP contribution in [0.25, 0.3) is 11.1 Å². The molecule has 172 valence electrons. The third kappa shape index (κ3) is 4.50. The van der Waals surface area contributed by atoms with Crippen molar-refractivity contribution >= 4 is 17.2 Å². The molecule has 33 heavy (non-hydrogen) atoms. The highest BCUT2D eigenvalue weighted by atomic mass is 32.1. The Bertz CT molecular complexity index is 1130. The molecular weight excluding hydrogens is 432 g/mol. The maximum atomic E-state index is 13.3. The van der Waals surface area contributed by atoms with Crippen LogP contribution in [0.4, 0.5) is 0 Å². The van der Waals surface area contributed by atoms with Gasteiger partial charge in [0.2, 0.25) is 5.91 Å². The number of piperidine rings is 1. The second-order valence-corrected chi connectivity index (χ2v) is 9.72. The number of fused-ring (bicyclic) bond motifs is 1. The number of amides is 1. The third-order valence-corrected chi connectivity index (χ3v) is 7.83. The molecule has 1 atom stereocenters. The number of aryl methyl sites for hydroxylation is 1. The Balaban J connectivity index is 1.24. The normalized spacial score (nSPS) is 17.1. The molecule has 0 bridgehead atoms. The average Bonchev–Trinajstić information content (AvgIpc) is 3.36. The molecule has 1 aromatic heterocycles. The first-order chi connectivity index (χ1) is 16.1. The van der Waals surface area contributed by atoms with Crippen molar-refractivity contribution in [3.05, 3.63) is 69.9 Å². The highest BCUT2D eigenvalue weighted by Gasteiger charge is 2.30. The molecule has 2 aromatic carbocycles. The van der Waals surface area contributed by atoms with Crippen LogP contribution in [0.1, 0.15) is 40.8 Å². The summed E-state index contributed by atoms with van der Waals surface area (Å²) in [5, 5.41) is 5.46. The van der Waals surface area contributed by atoms with E-state index >= 15 is 0 Å². The number of likely N-dealkylation sites (N-methyl/N-ethyl adjacent to an activating group) is 1. The Kier molecular flexibility index (Phi) is 6.38. The van der Waals surface area contributed by atoms with Crippen molar-refractivity contribution in [3.63, 3.8) is 0 Å². The zero-order chi connectivity index (χ0) is 22.8. The molecule has 1 saturated heterocycles. The van der Waals surface area contributed by atoms with Gasteiger partial charge in [-0.3, -0.25) is 4.79 Å². The van der Waals surface area contributed by atoms with Gasteiger partial charge in [0, 0.05) is 18.0 Å². The van der Waals surface area contributed by atoms with Crippen LogP contribution >= 0.6 is 11.3 Å². The topological polar surface area (TPSA) is 50.8 Å². The predicted octanol–water partition coefficient (Wildman–Crippen LogP) is 5.16. The maximum absolute atomic E-state index is 13.3. The van der Waals surface area contributed by atoms with Crippen molar-refractivity contribution in [2.75, 3.05) is 33.4 Å². The van der Waals surface area contributed by atoms with E-state index in [0.29, 0.717) is 19.1 Å². The molecule has 3 heterocycles. The number of ether oxygens (including phenoxy) is 2. The number of nitrogens with one attached hydrogen (secondary N) is 1. The van der Waals surface area contributed by atoms with E-state index in [1.807, 2.05) is 47.5 Å².